The zero-order valence-electron chi connectivity index (χ0n) is 8.35. The van der Waals surface area contributed by atoms with E-state index in [1.807, 2.05) is 12.5 Å². The Bertz CT molecular complexity index is 279. The van der Waals surface area contributed by atoms with Gasteiger partial charge in [0.15, 0.2) is 0 Å². The number of hydrogen-bond donors (Lipinski definition) is 1. The van der Waals surface area contributed by atoms with Gasteiger partial charge in [0, 0.05) is 19.3 Å². The maximum absolute atomic E-state index is 5.64. The van der Waals surface area contributed by atoms with Gasteiger partial charge in [0.1, 0.15) is 0 Å². The van der Waals surface area contributed by atoms with Crippen LogP contribution in [-0.2, 0) is 13.1 Å². The van der Waals surface area contributed by atoms with E-state index in [4.69, 9.17) is 5.73 Å². The van der Waals surface area contributed by atoms with Crippen molar-refractivity contribution in [1.29, 1.82) is 0 Å². The molecule has 0 bridgehead atoms. The van der Waals surface area contributed by atoms with Crippen LogP contribution < -0.4 is 5.73 Å². The predicted octanol–water partition coefficient (Wildman–Crippen LogP) is 1.48. The number of thioether (sulfide) groups is 1. The lowest BCUT2D eigenvalue weighted by atomic mass is 10.0. The van der Waals surface area contributed by atoms with E-state index >= 15 is 0 Å². The van der Waals surface area contributed by atoms with Crippen LogP contribution in [0.3, 0.4) is 0 Å². The van der Waals surface area contributed by atoms with Gasteiger partial charge in [-0.2, -0.15) is 11.8 Å². The highest BCUT2D eigenvalue weighted by atomic mass is 32.2. The van der Waals surface area contributed by atoms with Crippen molar-refractivity contribution in [3.05, 3.63) is 18.2 Å². The van der Waals surface area contributed by atoms with Crippen molar-refractivity contribution in [2.24, 2.45) is 11.7 Å². The number of rotatable bonds is 3. The van der Waals surface area contributed by atoms with Crippen molar-refractivity contribution in [3.8, 4) is 0 Å². The van der Waals surface area contributed by atoms with E-state index < -0.39 is 0 Å². The summed E-state index contributed by atoms with van der Waals surface area (Å²) in [5.74, 6) is 3.46. The van der Waals surface area contributed by atoms with Crippen molar-refractivity contribution in [3.63, 3.8) is 0 Å². The molecule has 0 aromatic carbocycles. The van der Waals surface area contributed by atoms with Crippen molar-refractivity contribution in [2.45, 2.75) is 25.9 Å². The highest BCUT2D eigenvalue weighted by Crippen LogP contribution is 2.24. The van der Waals surface area contributed by atoms with Gasteiger partial charge in [-0.05, 0) is 30.3 Å². The lowest BCUT2D eigenvalue weighted by Crippen LogP contribution is -2.18. The third kappa shape index (κ3) is 2.30. The molecule has 3 nitrogen and oxygen atoms in total. The van der Waals surface area contributed by atoms with Crippen LogP contribution in [-0.4, -0.2) is 21.1 Å². The van der Waals surface area contributed by atoms with Gasteiger partial charge in [0.2, 0.25) is 0 Å². The van der Waals surface area contributed by atoms with Gasteiger partial charge < -0.3 is 10.3 Å². The Morgan fingerprint density at radius 1 is 1.50 bits per heavy atom. The minimum absolute atomic E-state index is 0.599. The third-order valence-electron chi connectivity index (χ3n) is 2.80. The fourth-order valence-electron chi connectivity index (χ4n) is 1.89. The summed E-state index contributed by atoms with van der Waals surface area (Å²) in [4.78, 5) is 4.14. The molecule has 0 radical (unpaired) electrons. The van der Waals surface area contributed by atoms with Gasteiger partial charge in [0.05, 0.1) is 12.0 Å². The Hall–Kier alpha value is -0.480. The molecule has 1 aliphatic heterocycles. The van der Waals surface area contributed by atoms with Crippen LogP contribution in [0.2, 0.25) is 0 Å². The first-order valence-electron chi connectivity index (χ1n) is 5.17. The Balaban J connectivity index is 1.95. The summed E-state index contributed by atoms with van der Waals surface area (Å²) in [6.07, 6.45) is 6.46. The van der Waals surface area contributed by atoms with Crippen molar-refractivity contribution < 1.29 is 0 Å². The van der Waals surface area contributed by atoms with E-state index in [0.29, 0.717) is 6.54 Å². The fraction of sp³-hybridized carbons (Fsp3) is 0.700. The van der Waals surface area contributed by atoms with Gasteiger partial charge in [-0.3, -0.25) is 0 Å². The fourth-order valence-corrected chi connectivity index (χ4v) is 3.09. The lowest BCUT2D eigenvalue weighted by molar-refractivity contribution is 0.410. The Labute approximate surface area is 89.1 Å². The van der Waals surface area contributed by atoms with Gasteiger partial charge in [-0.15, -0.1) is 0 Å². The molecule has 14 heavy (non-hydrogen) atoms. The maximum Gasteiger partial charge on any atom is 0.0948 e. The normalized spacial score (nSPS) is 18.6. The van der Waals surface area contributed by atoms with E-state index in [1.54, 1.807) is 0 Å². The molecule has 1 saturated heterocycles. The molecular formula is C10H17N3S. The molecule has 4 heteroatoms. The van der Waals surface area contributed by atoms with Crippen LogP contribution in [0.5, 0.6) is 0 Å². The summed E-state index contributed by atoms with van der Waals surface area (Å²) < 4.78 is 2.21. The van der Waals surface area contributed by atoms with E-state index in [9.17, 15) is 0 Å². The molecule has 0 amide bonds. The standard InChI is InChI=1S/C10H17N3S/c11-5-10-6-12-8-13(10)7-9-1-3-14-4-2-9/h6,8-9H,1-5,7,11H2. The first-order chi connectivity index (χ1) is 6.90. The van der Waals surface area contributed by atoms with E-state index in [1.165, 1.54) is 24.3 Å². The molecule has 2 heterocycles. The van der Waals surface area contributed by atoms with Gasteiger partial charge >= 0.3 is 0 Å². The average Bonchev–Trinajstić information content (AvgIpc) is 2.67. The Morgan fingerprint density at radius 2 is 2.29 bits per heavy atom. The summed E-state index contributed by atoms with van der Waals surface area (Å²) in [6.45, 7) is 1.70. The Morgan fingerprint density at radius 3 is 3.00 bits per heavy atom. The summed E-state index contributed by atoms with van der Waals surface area (Å²) >= 11 is 2.07. The van der Waals surface area contributed by atoms with Crippen LogP contribution in [0, 0.1) is 5.92 Å². The van der Waals surface area contributed by atoms with Crippen LogP contribution >= 0.6 is 11.8 Å². The number of nitrogens with two attached hydrogens (primary N) is 1. The molecule has 0 atom stereocenters. The molecule has 0 saturated carbocycles. The van der Waals surface area contributed by atoms with Crippen molar-refractivity contribution in [1.82, 2.24) is 9.55 Å². The maximum atomic E-state index is 5.64. The summed E-state index contributed by atoms with van der Waals surface area (Å²) in [5.41, 5.74) is 6.79. The minimum Gasteiger partial charge on any atom is -0.333 e. The average molecular weight is 211 g/mol. The highest BCUT2D eigenvalue weighted by molar-refractivity contribution is 7.99. The molecule has 2 rings (SSSR count). The molecule has 2 N–H and O–H groups in total. The largest absolute Gasteiger partial charge is 0.333 e. The second kappa shape index (κ2) is 4.84. The van der Waals surface area contributed by atoms with Crippen LogP contribution in [0.4, 0.5) is 0 Å². The topological polar surface area (TPSA) is 43.8 Å². The second-order valence-electron chi connectivity index (χ2n) is 3.80. The number of nitrogens with zero attached hydrogens (tertiary/aromatic N) is 2. The molecule has 0 unspecified atom stereocenters. The first-order valence-corrected chi connectivity index (χ1v) is 6.32. The number of aromatic nitrogens is 2. The van der Waals surface area contributed by atoms with Crippen LogP contribution in [0.15, 0.2) is 12.5 Å². The molecule has 0 spiro atoms. The summed E-state index contributed by atoms with van der Waals surface area (Å²) in [6, 6.07) is 0. The van der Waals surface area contributed by atoms with Gasteiger partial charge in [-0.1, -0.05) is 0 Å². The molecule has 1 aromatic heterocycles. The van der Waals surface area contributed by atoms with E-state index in [0.717, 1.165) is 18.2 Å². The molecule has 0 aliphatic carbocycles. The highest BCUT2D eigenvalue weighted by Gasteiger charge is 2.14. The van der Waals surface area contributed by atoms with E-state index in [2.05, 4.69) is 21.3 Å². The van der Waals surface area contributed by atoms with Crippen LogP contribution in [0.25, 0.3) is 0 Å². The number of imidazole rings is 1. The Kier molecular flexibility index (Phi) is 3.48. The SMILES string of the molecule is NCc1cncn1CC1CCSCC1. The quantitative estimate of drug-likeness (QED) is 0.823. The van der Waals surface area contributed by atoms with Gasteiger partial charge in [-0.25, -0.2) is 4.98 Å². The zero-order valence-corrected chi connectivity index (χ0v) is 9.17. The molecule has 78 valence electrons. The predicted molar refractivity (Wildman–Crippen MR) is 60.2 cm³/mol. The third-order valence-corrected chi connectivity index (χ3v) is 3.85. The summed E-state index contributed by atoms with van der Waals surface area (Å²) in [5, 5.41) is 0. The van der Waals surface area contributed by atoms with Crippen LogP contribution in [0.1, 0.15) is 18.5 Å². The lowest BCUT2D eigenvalue weighted by Gasteiger charge is -2.22. The first kappa shape index (κ1) is 10.1. The molecular weight excluding hydrogens is 194 g/mol. The van der Waals surface area contributed by atoms with E-state index in [-0.39, 0.29) is 0 Å². The summed E-state index contributed by atoms with van der Waals surface area (Å²) in [7, 11) is 0. The smallest absolute Gasteiger partial charge is 0.0948 e. The van der Waals surface area contributed by atoms with Crippen molar-refractivity contribution >= 4 is 11.8 Å². The molecule has 1 aromatic rings. The number of hydrogen-bond acceptors (Lipinski definition) is 3. The zero-order chi connectivity index (χ0) is 9.80. The monoisotopic (exact) mass is 211 g/mol. The second-order valence-corrected chi connectivity index (χ2v) is 5.02. The minimum atomic E-state index is 0.599. The van der Waals surface area contributed by atoms with Crippen molar-refractivity contribution in [2.75, 3.05) is 11.5 Å². The van der Waals surface area contributed by atoms with Gasteiger partial charge in [0.25, 0.3) is 0 Å². The molecule has 1 fully saturated rings. The molecule has 1 aliphatic rings.